The smallest absolute Gasteiger partial charge is 0.124 e. The van der Waals surface area contributed by atoms with Gasteiger partial charge in [0.15, 0.2) is 0 Å². The second-order valence-electron chi connectivity index (χ2n) is 7.63. The molecule has 4 rings (SSSR count). The SMILES string of the molecule is Cc1ccc(F)cc1Cl.Cc1cccc(C)c1.Cc1ccccc1.Cc1ccccc1C#N. The van der Waals surface area contributed by atoms with Crippen molar-refractivity contribution in [3.63, 3.8) is 0 Å². The van der Waals surface area contributed by atoms with Gasteiger partial charge in [-0.2, -0.15) is 5.26 Å². The van der Waals surface area contributed by atoms with E-state index in [0.717, 1.165) is 16.7 Å². The van der Waals surface area contributed by atoms with Gasteiger partial charge in [-0.15, -0.1) is 0 Å². The Morgan fingerprint density at radius 1 is 0.606 bits per heavy atom. The Bertz CT molecular complexity index is 1130. The van der Waals surface area contributed by atoms with E-state index >= 15 is 0 Å². The van der Waals surface area contributed by atoms with Crippen LogP contribution in [0.3, 0.4) is 0 Å². The standard InChI is InChI=1S/C8H7N.C8H10.C7H6ClF.C7H8/c1-7-4-2-3-5-8(7)6-9;1-7-4-3-5-8(2)6-7;1-5-2-3-6(9)4-7(5)8;1-7-5-3-2-4-6-7/h2-5H,1H3;3-6H,1-2H3;2-4H,1H3;2-6H,1H3. The summed E-state index contributed by atoms with van der Waals surface area (Å²) >= 11 is 5.57. The van der Waals surface area contributed by atoms with Gasteiger partial charge in [-0.25, -0.2) is 4.39 Å². The first-order valence-corrected chi connectivity index (χ1v) is 11.0. The minimum Gasteiger partial charge on any atom is -0.207 e. The lowest BCUT2D eigenvalue weighted by Crippen LogP contribution is -1.77. The van der Waals surface area contributed by atoms with Gasteiger partial charge >= 0.3 is 0 Å². The number of rotatable bonds is 0. The van der Waals surface area contributed by atoms with Gasteiger partial charge in [-0.1, -0.05) is 107 Å². The number of halogens is 2. The highest BCUT2D eigenvalue weighted by Gasteiger charge is 1.94. The van der Waals surface area contributed by atoms with E-state index < -0.39 is 0 Å². The van der Waals surface area contributed by atoms with E-state index in [1.165, 1.54) is 28.8 Å². The van der Waals surface area contributed by atoms with Crippen LogP contribution in [-0.4, -0.2) is 0 Å². The van der Waals surface area contributed by atoms with Gasteiger partial charge in [-0.3, -0.25) is 0 Å². The van der Waals surface area contributed by atoms with E-state index in [1.807, 2.05) is 56.3 Å². The average Bonchev–Trinajstić information content (AvgIpc) is 2.79. The summed E-state index contributed by atoms with van der Waals surface area (Å²) in [6, 6.07) is 32.7. The van der Waals surface area contributed by atoms with Gasteiger partial charge in [0.2, 0.25) is 0 Å². The van der Waals surface area contributed by atoms with Gasteiger partial charge in [0.05, 0.1) is 11.6 Å². The molecule has 0 aliphatic heterocycles. The van der Waals surface area contributed by atoms with Gasteiger partial charge in [0.1, 0.15) is 5.82 Å². The third kappa shape index (κ3) is 12.3. The van der Waals surface area contributed by atoms with E-state index in [-0.39, 0.29) is 5.82 Å². The van der Waals surface area contributed by atoms with Crippen LogP contribution in [0, 0.1) is 51.8 Å². The summed E-state index contributed by atoms with van der Waals surface area (Å²) in [6.07, 6.45) is 0. The maximum absolute atomic E-state index is 12.3. The van der Waals surface area contributed by atoms with Crippen molar-refractivity contribution in [3.05, 3.63) is 141 Å². The van der Waals surface area contributed by atoms with Crippen LogP contribution in [0.15, 0.2) is 97.1 Å². The molecule has 33 heavy (non-hydrogen) atoms. The molecule has 0 radical (unpaired) electrons. The number of hydrogen-bond acceptors (Lipinski definition) is 1. The third-order valence-electron chi connectivity index (χ3n) is 4.51. The topological polar surface area (TPSA) is 23.8 Å². The molecule has 0 fully saturated rings. The highest BCUT2D eigenvalue weighted by atomic mass is 35.5. The molecular formula is C30H31ClFN. The van der Waals surface area contributed by atoms with Gasteiger partial charge in [0.25, 0.3) is 0 Å². The van der Waals surface area contributed by atoms with Crippen LogP contribution in [0.1, 0.15) is 33.4 Å². The normalized spacial score (nSPS) is 9.03. The number of hydrogen-bond donors (Lipinski definition) is 0. The second kappa shape index (κ2) is 15.4. The molecule has 1 nitrogen and oxygen atoms in total. The number of nitriles is 1. The summed E-state index contributed by atoms with van der Waals surface area (Å²) in [7, 11) is 0. The molecule has 0 bridgehead atoms. The lowest BCUT2D eigenvalue weighted by Gasteiger charge is -1.93. The van der Waals surface area contributed by atoms with Crippen LogP contribution in [0.2, 0.25) is 5.02 Å². The van der Waals surface area contributed by atoms with Crippen molar-refractivity contribution in [2.75, 3.05) is 0 Å². The molecule has 170 valence electrons. The molecule has 0 unspecified atom stereocenters. The lowest BCUT2D eigenvalue weighted by atomic mass is 10.1. The van der Waals surface area contributed by atoms with Gasteiger partial charge in [0, 0.05) is 5.02 Å². The highest BCUT2D eigenvalue weighted by molar-refractivity contribution is 6.31. The molecule has 0 spiro atoms. The molecule has 0 aromatic heterocycles. The van der Waals surface area contributed by atoms with Crippen molar-refractivity contribution >= 4 is 11.6 Å². The maximum Gasteiger partial charge on any atom is 0.124 e. The maximum atomic E-state index is 12.3. The zero-order chi connectivity index (χ0) is 24.6. The van der Waals surface area contributed by atoms with Crippen LogP contribution < -0.4 is 0 Å². The van der Waals surface area contributed by atoms with Crippen molar-refractivity contribution < 1.29 is 4.39 Å². The fourth-order valence-corrected chi connectivity index (χ4v) is 2.77. The Hall–Kier alpha value is -3.41. The molecule has 3 heteroatoms. The van der Waals surface area contributed by atoms with Crippen LogP contribution in [0.4, 0.5) is 4.39 Å². The van der Waals surface area contributed by atoms with Crippen LogP contribution in [0.5, 0.6) is 0 Å². The van der Waals surface area contributed by atoms with Crippen LogP contribution in [0.25, 0.3) is 0 Å². The summed E-state index contributed by atoms with van der Waals surface area (Å²) in [5.41, 5.74) is 6.70. The van der Waals surface area contributed by atoms with E-state index in [1.54, 1.807) is 6.07 Å². The molecule has 0 aliphatic carbocycles. The zero-order valence-electron chi connectivity index (χ0n) is 19.9. The van der Waals surface area contributed by atoms with E-state index in [2.05, 4.69) is 63.2 Å². The van der Waals surface area contributed by atoms with Crippen molar-refractivity contribution in [1.29, 1.82) is 5.26 Å². The summed E-state index contributed by atoms with van der Waals surface area (Å²) in [5.74, 6) is -0.286. The van der Waals surface area contributed by atoms with Crippen LogP contribution in [-0.2, 0) is 0 Å². The molecule has 0 amide bonds. The molecule has 0 saturated carbocycles. The fourth-order valence-electron chi connectivity index (χ4n) is 2.61. The molecule has 4 aromatic carbocycles. The Morgan fingerprint density at radius 3 is 1.52 bits per heavy atom. The first-order valence-electron chi connectivity index (χ1n) is 10.6. The van der Waals surface area contributed by atoms with Crippen LogP contribution >= 0.6 is 11.6 Å². The predicted molar refractivity (Wildman–Crippen MR) is 139 cm³/mol. The Morgan fingerprint density at radius 2 is 1.15 bits per heavy atom. The van der Waals surface area contributed by atoms with Gasteiger partial charge < -0.3 is 0 Å². The molecule has 0 saturated heterocycles. The minimum atomic E-state index is -0.286. The third-order valence-corrected chi connectivity index (χ3v) is 4.92. The molecule has 4 aromatic rings. The Balaban J connectivity index is 0.000000221. The first-order chi connectivity index (χ1) is 15.7. The molecule has 0 atom stereocenters. The molecular weight excluding hydrogens is 429 g/mol. The van der Waals surface area contributed by atoms with E-state index in [0.29, 0.717) is 5.02 Å². The summed E-state index contributed by atoms with van der Waals surface area (Å²) in [5, 5.41) is 8.95. The summed E-state index contributed by atoms with van der Waals surface area (Å²) in [6.45, 7) is 10.1. The second-order valence-corrected chi connectivity index (χ2v) is 8.04. The number of nitrogens with zero attached hydrogens (tertiary/aromatic N) is 1. The number of benzene rings is 4. The van der Waals surface area contributed by atoms with E-state index in [4.69, 9.17) is 16.9 Å². The van der Waals surface area contributed by atoms with Crippen molar-refractivity contribution in [2.45, 2.75) is 34.6 Å². The monoisotopic (exact) mass is 459 g/mol. The zero-order valence-corrected chi connectivity index (χ0v) is 20.7. The average molecular weight is 460 g/mol. The molecule has 0 N–H and O–H groups in total. The molecule has 0 heterocycles. The van der Waals surface area contributed by atoms with Crippen molar-refractivity contribution in [1.82, 2.24) is 0 Å². The first kappa shape index (κ1) is 27.6. The fraction of sp³-hybridized carbons (Fsp3) is 0.167. The van der Waals surface area contributed by atoms with Crippen molar-refractivity contribution in [3.8, 4) is 6.07 Å². The highest BCUT2D eigenvalue weighted by Crippen LogP contribution is 2.15. The Labute approximate surface area is 203 Å². The molecule has 0 aliphatic rings. The van der Waals surface area contributed by atoms with Crippen molar-refractivity contribution in [2.24, 2.45) is 0 Å². The minimum absolute atomic E-state index is 0.286. The summed E-state index contributed by atoms with van der Waals surface area (Å²) < 4.78 is 12.3. The summed E-state index contributed by atoms with van der Waals surface area (Å²) in [4.78, 5) is 0. The predicted octanol–water partition coefficient (Wildman–Crippen LogP) is 8.95. The van der Waals surface area contributed by atoms with E-state index in [9.17, 15) is 4.39 Å². The number of aryl methyl sites for hydroxylation is 5. The Kier molecular flexibility index (Phi) is 12.9. The lowest BCUT2D eigenvalue weighted by molar-refractivity contribution is 0.627. The van der Waals surface area contributed by atoms with Gasteiger partial charge in [-0.05, 0) is 63.9 Å². The quantitative estimate of drug-likeness (QED) is 0.257. The largest absolute Gasteiger partial charge is 0.207 e.